The lowest BCUT2D eigenvalue weighted by Crippen LogP contribution is -2.44. The van der Waals surface area contributed by atoms with E-state index in [1.54, 1.807) is 19.4 Å². The molecule has 2 heterocycles. The molecular weight excluding hydrogens is 304 g/mol. The second-order valence-corrected chi connectivity index (χ2v) is 5.87. The Morgan fingerprint density at radius 1 is 1.33 bits per heavy atom. The van der Waals surface area contributed by atoms with Gasteiger partial charge in [0.25, 0.3) is 0 Å². The van der Waals surface area contributed by atoms with Crippen LogP contribution in [0.4, 0.5) is 4.79 Å². The zero-order valence-corrected chi connectivity index (χ0v) is 13.8. The third-order valence-electron chi connectivity index (χ3n) is 4.27. The van der Waals surface area contributed by atoms with Crippen molar-refractivity contribution in [3.63, 3.8) is 0 Å². The summed E-state index contributed by atoms with van der Waals surface area (Å²) >= 11 is 0. The van der Waals surface area contributed by atoms with Crippen LogP contribution in [0.2, 0.25) is 0 Å². The molecule has 0 saturated carbocycles. The number of piperidine rings is 1. The Balaban J connectivity index is 1.56. The number of urea groups is 1. The second kappa shape index (κ2) is 7.77. The highest BCUT2D eigenvalue weighted by molar-refractivity contribution is 5.74. The van der Waals surface area contributed by atoms with Gasteiger partial charge >= 0.3 is 6.03 Å². The van der Waals surface area contributed by atoms with Crippen molar-refractivity contribution in [1.82, 2.24) is 20.2 Å². The highest BCUT2D eigenvalue weighted by Gasteiger charge is 2.24. The maximum Gasteiger partial charge on any atom is 0.317 e. The van der Waals surface area contributed by atoms with Gasteiger partial charge in [-0.25, -0.2) is 9.78 Å². The SMILES string of the molecule is COc1ccnc(CNC(=O)N2CCCC(c3ccccc3)C2)n1. The number of carbonyl (C=O) groups excluding carboxylic acids is 1. The molecule has 2 aromatic rings. The Bertz CT molecular complexity index is 678. The number of likely N-dealkylation sites (tertiary alicyclic amines) is 1. The van der Waals surface area contributed by atoms with Crippen LogP contribution in [0, 0.1) is 0 Å². The number of benzene rings is 1. The number of nitrogens with zero attached hydrogens (tertiary/aromatic N) is 3. The third kappa shape index (κ3) is 4.01. The first-order chi connectivity index (χ1) is 11.8. The Hall–Kier alpha value is -2.63. The van der Waals surface area contributed by atoms with Crippen molar-refractivity contribution in [3.05, 3.63) is 54.0 Å². The minimum atomic E-state index is -0.0675. The monoisotopic (exact) mass is 326 g/mol. The summed E-state index contributed by atoms with van der Waals surface area (Å²) in [5.74, 6) is 1.44. The fourth-order valence-electron chi connectivity index (χ4n) is 3.00. The topological polar surface area (TPSA) is 67.3 Å². The lowest BCUT2D eigenvalue weighted by Gasteiger charge is -2.33. The molecule has 6 heteroatoms. The van der Waals surface area contributed by atoms with Gasteiger partial charge in [0.05, 0.1) is 13.7 Å². The molecule has 2 amide bonds. The van der Waals surface area contributed by atoms with Crippen molar-refractivity contribution < 1.29 is 9.53 Å². The van der Waals surface area contributed by atoms with Crippen molar-refractivity contribution in [2.75, 3.05) is 20.2 Å². The van der Waals surface area contributed by atoms with Crippen LogP contribution < -0.4 is 10.1 Å². The van der Waals surface area contributed by atoms with Gasteiger partial charge < -0.3 is 15.0 Å². The minimum Gasteiger partial charge on any atom is -0.481 e. The van der Waals surface area contributed by atoms with E-state index in [-0.39, 0.29) is 6.03 Å². The van der Waals surface area contributed by atoms with E-state index in [1.165, 1.54) is 5.56 Å². The van der Waals surface area contributed by atoms with E-state index < -0.39 is 0 Å². The van der Waals surface area contributed by atoms with Gasteiger partial charge in [0.2, 0.25) is 5.88 Å². The number of hydrogen-bond acceptors (Lipinski definition) is 4. The summed E-state index contributed by atoms with van der Waals surface area (Å²) in [6.07, 6.45) is 3.76. The maximum atomic E-state index is 12.4. The van der Waals surface area contributed by atoms with E-state index in [0.717, 1.165) is 25.9 Å². The molecule has 1 N–H and O–H groups in total. The molecule has 126 valence electrons. The molecule has 3 rings (SSSR count). The molecule has 0 bridgehead atoms. The summed E-state index contributed by atoms with van der Waals surface area (Å²) in [5.41, 5.74) is 1.30. The number of rotatable bonds is 4. The fraction of sp³-hybridized carbons (Fsp3) is 0.389. The number of amides is 2. The van der Waals surface area contributed by atoms with Gasteiger partial charge in [-0.05, 0) is 18.4 Å². The van der Waals surface area contributed by atoms with E-state index in [0.29, 0.717) is 24.2 Å². The second-order valence-electron chi connectivity index (χ2n) is 5.87. The van der Waals surface area contributed by atoms with Gasteiger partial charge in [0.15, 0.2) is 5.82 Å². The average molecular weight is 326 g/mol. The Labute approximate surface area is 141 Å². The van der Waals surface area contributed by atoms with E-state index in [4.69, 9.17) is 4.74 Å². The molecule has 1 atom stereocenters. The molecule has 1 aromatic carbocycles. The number of hydrogen-bond donors (Lipinski definition) is 1. The molecular formula is C18H22N4O2. The standard InChI is InChI=1S/C18H22N4O2/c1-24-17-9-10-19-16(21-17)12-20-18(23)22-11-5-8-15(13-22)14-6-3-2-4-7-14/h2-4,6-7,9-10,15H,5,8,11-13H2,1H3,(H,20,23). The summed E-state index contributed by atoms with van der Waals surface area (Å²) in [6.45, 7) is 1.82. The zero-order chi connectivity index (χ0) is 16.8. The maximum absolute atomic E-state index is 12.4. The summed E-state index contributed by atoms with van der Waals surface area (Å²) in [6, 6.07) is 12.0. The smallest absolute Gasteiger partial charge is 0.317 e. The summed E-state index contributed by atoms with van der Waals surface area (Å²) in [7, 11) is 1.56. The number of nitrogens with one attached hydrogen (secondary N) is 1. The molecule has 0 radical (unpaired) electrons. The van der Waals surface area contributed by atoms with Crippen molar-refractivity contribution in [1.29, 1.82) is 0 Å². The van der Waals surface area contributed by atoms with E-state index in [1.807, 2.05) is 11.0 Å². The molecule has 1 saturated heterocycles. The van der Waals surface area contributed by atoms with Crippen LogP contribution >= 0.6 is 0 Å². The molecule has 6 nitrogen and oxygen atoms in total. The molecule has 1 unspecified atom stereocenters. The van der Waals surface area contributed by atoms with Gasteiger partial charge in [0.1, 0.15) is 0 Å². The molecule has 1 aromatic heterocycles. The van der Waals surface area contributed by atoms with Gasteiger partial charge in [-0.1, -0.05) is 30.3 Å². The van der Waals surface area contributed by atoms with Crippen LogP contribution in [0.25, 0.3) is 0 Å². The summed E-state index contributed by atoms with van der Waals surface area (Å²) < 4.78 is 5.07. The molecule has 0 aliphatic carbocycles. The van der Waals surface area contributed by atoms with Crippen LogP contribution in [0.15, 0.2) is 42.6 Å². The lowest BCUT2D eigenvalue weighted by molar-refractivity contribution is 0.179. The number of methoxy groups -OCH3 is 1. The van der Waals surface area contributed by atoms with Crippen molar-refractivity contribution in [3.8, 4) is 5.88 Å². The number of ether oxygens (including phenoxy) is 1. The van der Waals surface area contributed by atoms with Crippen molar-refractivity contribution in [2.45, 2.75) is 25.3 Å². The number of carbonyl (C=O) groups is 1. The first-order valence-corrected chi connectivity index (χ1v) is 8.20. The lowest BCUT2D eigenvalue weighted by atomic mass is 9.91. The van der Waals surface area contributed by atoms with Crippen LogP contribution in [0.1, 0.15) is 30.1 Å². The van der Waals surface area contributed by atoms with Crippen LogP contribution in [0.3, 0.4) is 0 Å². The Morgan fingerprint density at radius 2 is 2.17 bits per heavy atom. The van der Waals surface area contributed by atoms with Gasteiger partial charge in [0, 0.05) is 31.3 Å². The normalized spacial score (nSPS) is 17.4. The van der Waals surface area contributed by atoms with Crippen LogP contribution in [-0.4, -0.2) is 41.1 Å². The van der Waals surface area contributed by atoms with Crippen molar-refractivity contribution >= 4 is 6.03 Å². The zero-order valence-electron chi connectivity index (χ0n) is 13.8. The summed E-state index contributed by atoms with van der Waals surface area (Å²) in [4.78, 5) is 22.7. The van der Waals surface area contributed by atoms with E-state index in [2.05, 4.69) is 39.6 Å². The average Bonchev–Trinajstić information content (AvgIpc) is 2.67. The van der Waals surface area contributed by atoms with E-state index >= 15 is 0 Å². The van der Waals surface area contributed by atoms with E-state index in [9.17, 15) is 4.79 Å². The largest absolute Gasteiger partial charge is 0.481 e. The molecule has 24 heavy (non-hydrogen) atoms. The first-order valence-electron chi connectivity index (χ1n) is 8.20. The van der Waals surface area contributed by atoms with Crippen LogP contribution in [0.5, 0.6) is 5.88 Å². The fourth-order valence-corrected chi connectivity index (χ4v) is 3.00. The highest BCUT2D eigenvalue weighted by Crippen LogP contribution is 2.26. The Morgan fingerprint density at radius 3 is 2.96 bits per heavy atom. The predicted octanol–water partition coefficient (Wildman–Crippen LogP) is 2.57. The quantitative estimate of drug-likeness (QED) is 0.938. The molecule has 0 spiro atoms. The van der Waals surface area contributed by atoms with Gasteiger partial charge in [-0.15, -0.1) is 0 Å². The highest BCUT2D eigenvalue weighted by atomic mass is 16.5. The molecule has 1 aliphatic heterocycles. The van der Waals surface area contributed by atoms with Crippen molar-refractivity contribution in [2.24, 2.45) is 0 Å². The number of aromatic nitrogens is 2. The summed E-state index contributed by atoms with van der Waals surface area (Å²) in [5, 5.41) is 2.90. The minimum absolute atomic E-state index is 0.0675. The first kappa shape index (κ1) is 16.2. The predicted molar refractivity (Wildman–Crippen MR) is 90.8 cm³/mol. The Kier molecular flexibility index (Phi) is 5.25. The van der Waals surface area contributed by atoms with Crippen LogP contribution in [-0.2, 0) is 6.54 Å². The molecule has 1 aliphatic rings. The van der Waals surface area contributed by atoms with Gasteiger partial charge in [-0.3, -0.25) is 0 Å². The third-order valence-corrected chi connectivity index (χ3v) is 4.27. The van der Waals surface area contributed by atoms with Gasteiger partial charge in [-0.2, -0.15) is 4.98 Å². The molecule has 1 fully saturated rings.